The lowest BCUT2D eigenvalue weighted by Crippen LogP contribution is -2.09. The monoisotopic (exact) mass is 198 g/mol. The van der Waals surface area contributed by atoms with Gasteiger partial charge in [-0.05, 0) is 0 Å². The molecule has 0 radical (unpaired) electrons. The number of nitro groups is 1. The normalized spacial score (nSPS) is 8.92. The van der Waals surface area contributed by atoms with Crippen LogP contribution in [-0.4, -0.2) is 10.0 Å². The molecule has 1 aromatic heterocycles. The minimum absolute atomic E-state index is 0.00556. The van der Waals surface area contributed by atoms with Crippen molar-refractivity contribution < 1.29 is 5.03 Å². The Morgan fingerprint density at radius 3 is 2.92 bits per heavy atom. The number of pyridine rings is 1. The maximum Gasteiger partial charge on any atom is 0.192 e. The zero-order valence-corrected chi connectivity index (χ0v) is 6.95. The summed E-state index contributed by atoms with van der Waals surface area (Å²) in [6.45, 7) is 0. The van der Waals surface area contributed by atoms with Crippen LogP contribution in [0.1, 0.15) is 5.56 Å². The largest absolute Gasteiger partial charge is 0.234 e. The molecule has 0 aliphatic carbocycles. The van der Waals surface area contributed by atoms with Gasteiger partial charge in [0.25, 0.3) is 0 Å². The van der Waals surface area contributed by atoms with Crippen LogP contribution in [0.2, 0.25) is 5.02 Å². The predicted octanol–water partition coefficient (Wildman–Crippen LogP) is 1.21. The summed E-state index contributed by atoms with van der Waals surface area (Å²) in [5, 5.41) is 17.8. The number of nitrogens with zero attached hydrogens (tertiary/aromatic N) is 3. The van der Waals surface area contributed by atoms with Gasteiger partial charge in [0.2, 0.25) is 0 Å². The molecule has 13 heavy (non-hydrogen) atoms. The Hall–Kier alpha value is -1.87. The van der Waals surface area contributed by atoms with E-state index in [-0.39, 0.29) is 16.4 Å². The van der Waals surface area contributed by atoms with Gasteiger partial charge in [-0.1, -0.05) is 17.0 Å². The van der Waals surface area contributed by atoms with Crippen LogP contribution in [0.4, 0.5) is 5.82 Å². The molecule has 1 N–H and O–H groups in total. The van der Waals surface area contributed by atoms with Gasteiger partial charge >= 0.3 is 0 Å². The van der Waals surface area contributed by atoms with E-state index < -0.39 is 5.03 Å². The van der Waals surface area contributed by atoms with Crippen LogP contribution in [0.15, 0.2) is 12.3 Å². The quantitative estimate of drug-likeness (QED) is 0.570. The summed E-state index contributed by atoms with van der Waals surface area (Å²) >= 11 is 5.59. The number of halogens is 1. The van der Waals surface area contributed by atoms with Gasteiger partial charge in [-0.3, -0.25) is 0 Å². The molecule has 0 atom stereocenters. The summed E-state index contributed by atoms with van der Waals surface area (Å²) in [7, 11) is 0. The molecule has 0 saturated carbocycles. The maximum atomic E-state index is 9.98. The smallest absolute Gasteiger partial charge is 0.192 e. The number of anilines is 1. The first kappa shape index (κ1) is 9.22. The SMILES string of the molecule is N#Cc1cnc(N[N+](=O)[O-])cc1Cl. The summed E-state index contributed by atoms with van der Waals surface area (Å²) in [4.78, 5) is 13.6. The molecule has 0 fully saturated rings. The highest BCUT2D eigenvalue weighted by Crippen LogP contribution is 2.17. The van der Waals surface area contributed by atoms with Gasteiger partial charge < -0.3 is 0 Å². The second-order valence-electron chi connectivity index (χ2n) is 2.03. The Labute approximate surface area is 77.9 Å². The van der Waals surface area contributed by atoms with E-state index >= 15 is 0 Å². The second kappa shape index (κ2) is 3.69. The van der Waals surface area contributed by atoms with Crippen molar-refractivity contribution in [3.05, 3.63) is 33.0 Å². The third-order valence-corrected chi connectivity index (χ3v) is 1.49. The van der Waals surface area contributed by atoms with Crippen molar-refractivity contribution in [3.63, 3.8) is 0 Å². The molecule has 1 rings (SSSR count). The topological polar surface area (TPSA) is 91.8 Å². The van der Waals surface area contributed by atoms with E-state index in [9.17, 15) is 10.1 Å². The number of hydrogen-bond acceptors (Lipinski definition) is 4. The van der Waals surface area contributed by atoms with Crippen molar-refractivity contribution >= 4 is 17.4 Å². The Bertz CT molecular complexity index is 387. The average molecular weight is 199 g/mol. The van der Waals surface area contributed by atoms with Gasteiger partial charge in [0.1, 0.15) is 6.07 Å². The molecule has 0 saturated heterocycles. The van der Waals surface area contributed by atoms with Crippen molar-refractivity contribution in [3.8, 4) is 6.07 Å². The lowest BCUT2D eigenvalue weighted by atomic mass is 10.3. The molecule has 0 aromatic carbocycles. The van der Waals surface area contributed by atoms with Gasteiger partial charge in [0, 0.05) is 12.3 Å². The molecule has 7 heteroatoms. The minimum Gasteiger partial charge on any atom is -0.234 e. The van der Waals surface area contributed by atoms with Crippen LogP contribution >= 0.6 is 11.6 Å². The Morgan fingerprint density at radius 1 is 1.77 bits per heavy atom. The van der Waals surface area contributed by atoms with Crippen LogP contribution in [0, 0.1) is 21.4 Å². The van der Waals surface area contributed by atoms with Gasteiger partial charge in [0.05, 0.1) is 10.6 Å². The molecule has 0 aliphatic heterocycles. The summed E-state index contributed by atoms with van der Waals surface area (Å²) in [6, 6.07) is 2.99. The van der Waals surface area contributed by atoms with E-state index in [1.165, 1.54) is 6.07 Å². The summed E-state index contributed by atoms with van der Waals surface area (Å²) in [5.41, 5.74) is 1.99. The second-order valence-corrected chi connectivity index (χ2v) is 2.44. The van der Waals surface area contributed by atoms with Crippen molar-refractivity contribution in [2.75, 3.05) is 5.43 Å². The highest BCUT2D eigenvalue weighted by atomic mass is 35.5. The zero-order valence-electron chi connectivity index (χ0n) is 6.19. The predicted molar refractivity (Wildman–Crippen MR) is 44.6 cm³/mol. The number of rotatable bonds is 2. The van der Waals surface area contributed by atoms with Crippen molar-refractivity contribution in [1.82, 2.24) is 4.98 Å². The third-order valence-electron chi connectivity index (χ3n) is 1.18. The van der Waals surface area contributed by atoms with Crippen LogP contribution in [0.5, 0.6) is 0 Å². The van der Waals surface area contributed by atoms with Gasteiger partial charge in [-0.2, -0.15) is 5.26 Å². The van der Waals surface area contributed by atoms with Gasteiger partial charge in [0.15, 0.2) is 10.9 Å². The molecule has 1 aromatic rings. The first-order chi connectivity index (χ1) is 6.13. The van der Waals surface area contributed by atoms with Gasteiger partial charge in [-0.25, -0.2) is 15.1 Å². The number of aromatic nitrogens is 1. The number of nitriles is 1. The molecule has 0 aliphatic rings. The van der Waals surface area contributed by atoms with E-state index in [2.05, 4.69) is 4.98 Å². The van der Waals surface area contributed by atoms with Crippen molar-refractivity contribution in [1.29, 1.82) is 5.26 Å². The van der Waals surface area contributed by atoms with Crippen LogP contribution in [0.25, 0.3) is 0 Å². The third kappa shape index (κ3) is 2.28. The lowest BCUT2D eigenvalue weighted by molar-refractivity contribution is -0.445. The summed E-state index contributed by atoms with van der Waals surface area (Å²) in [6.07, 6.45) is 1.16. The highest BCUT2D eigenvalue weighted by Gasteiger charge is 2.05. The first-order valence-electron chi connectivity index (χ1n) is 3.10. The number of hydrogen-bond donors (Lipinski definition) is 1. The molecule has 6 nitrogen and oxygen atoms in total. The van der Waals surface area contributed by atoms with E-state index in [0.29, 0.717) is 0 Å². The number of nitrogens with one attached hydrogen (secondary N) is 1. The highest BCUT2D eigenvalue weighted by molar-refractivity contribution is 6.31. The van der Waals surface area contributed by atoms with Crippen molar-refractivity contribution in [2.45, 2.75) is 0 Å². The fraction of sp³-hybridized carbons (Fsp3) is 0. The molecule has 0 spiro atoms. The van der Waals surface area contributed by atoms with E-state index in [1.54, 1.807) is 6.07 Å². The maximum absolute atomic E-state index is 9.98. The summed E-state index contributed by atoms with van der Waals surface area (Å²) < 4.78 is 0. The minimum atomic E-state index is -0.759. The molecule has 0 unspecified atom stereocenters. The molecule has 1 heterocycles. The van der Waals surface area contributed by atoms with E-state index in [4.69, 9.17) is 16.9 Å². The average Bonchev–Trinajstić information content (AvgIpc) is 2.03. The summed E-state index contributed by atoms with van der Waals surface area (Å²) in [5.74, 6) is -0.00556. The molecular formula is C6H3ClN4O2. The Kier molecular flexibility index (Phi) is 2.62. The van der Waals surface area contributed by atoms with Crippen molar-refractivity contribution in [2.24, 2.45) is 0 Å². The fourth-order valence-electron chi connectivity index (χ4n) is 0.668. The fourth-order valence-corrected chi connectivity index (χ4v) is 0.862. The van der Waals surface area contributed by atoms with Crippen LogP contribution < -0.4 is 5.43 Å². The van der Waals surface area contributed by atoms with E-state index in [0.717, 1.165) is 6.20 Å². The van der Waals surface area contributed by atoms with Crippen LogP contribution in [-0.2, 0) is 0 Å². The van der Waals surface area contributed by atoms with Crippen LogP contribution in [0.3, 0.4) is 0 Å². The van der Waals surface area contributed by atoms with E-state index in [1.807, 2.05) is 5.43 Å². The standard InChI is InChI=1S/C6H3ClN4O2/c7-5-1-6(10-11(12)13)9-3-4(5)2-8/h1,3H,(H,9,10). The number of hydrazine groups is 1. The first-order valence-corrected chi connectivity index (χ1v) is 3.48. The zero-order chi connectivity index (χ0) is 9.84. The molecule has 66 valence electrons. The van der Waals surface area contributed by atoms with Gasteiger partial charge in [-0.15, -0.1) is 0 Å². The Morgan fingerprint density at radius 2 is 2.46 bits per heavy atom. The lowest BCUT2D eigenvalue weighted by Gasteiger charge is -1.97. The molecular weight excluding hydrogens is 196 g/mol. The molecule has 0 amide bonds. The Balaban J connectivity index is 2.97. The molecule has 0 bridgehead atoms.